The lowest BCUT2D eigenvalue weighted by atomic mass is 9.86. The normalized spacial score (nSPS) is 23.2. The molecule has 1 aromatic rings. The molecule has 1 saturated heterocycles. The summed E-state index contributed by atoms with van der Waals surface area (Å²) in [6, 6.07) is 5.82. The van der Waals surface area contributed by atoms with Gasteiger partial charge in [-0.15, -0.1) is 0 Å². The van der Waals surface area contributed by atoms with E-state index in [1.165, 1.54) is 12.1 Å². The van der Waals surface area contributed by atoms with Crippen molar-refractivity contribution in [3.8, 4) is 0 Å². The number of halogens is 3. The Hall–Kier alpha value is -1.90. The van der Waals surface area contributed by atoms with Crippen LogP contribution in [0, 0.1) is 11.8 Å². The third-order valence-electron chi connectivity index (χ3n) is 7.29. The first-order chi connectivity index (χ1) is 16.6. The molecule has 2 aliphatic heterocycles. The summed E-state index contributed by atoms with van der Waals surface area (Å²) in [5.74, 6) is 0.173. The van der Waals surface area contributed by atoms with Gasteiger partial charge in [-0.2, -0.15) is 13.2 Å². The molecule has 1 amide bonds. The van der Waals surface area contributed by atoms with Crippen LogP contribution in [0.5, 0.6) is 0 Å². The van der Waals surface area contributed by atoms with Crippen LogP contribution < -0.4 is 5.32 Å². The minimum absolute atomic E-state index is 0.00695. The van der Waals surface area contributed by atoms with Crippen LogP contribution in [0.15, 0.2) is 30.3 Å². The lowest BCUT2D eigenvalue weighted by molar-refractivity contribution is -0.138. The Morgan fingerprint density at radius 1 is 1.31 bits per heavy atom. The van der Waals surface area contributed by atoms with Crippen molar-refractivity contribution in [2.75, 3.05) is 33.4 Å². The Morgan fingerprint density at radius 2 is 2.09 bits per heavy atom. The highest BCUT2D eigenvalue weighted by molar-refractivity contribution is 5.81. The molecule has 1 aromatic carbocycles. The summed E-state index contributed by atoms with van der Waals surface area (Å²) in [4.78, 5) is 15.4. The maximum absolute atomic E-state index is 13.5. The lowest BCUT2D eigenvalue weighted by Crippen LogP contribution is -2.52. The summed E-state index contributed by atoms with van der Waals surface area (Å²) in [5, 5.41) is 3.72. The Morgan fingerprint density at radius 3 is 2.69 bits per heavy atom. The fourth-order valence-electron chi connectivity index (χ4n) is 5.02. The van der Waals surface area contributed by atoms with E-state index in [0.29, 0.717) is 38.3 Å². The standard InChI is InChI=1S/C27H39F3N2O3/c1-5-22(31-24-11-14-35-17-25(24)34-4)16-23(18(2)3)26(33)32-12-9-19(10-13-32)20-7-6-8-21(15-20)27(28,29)30/h6-9,15,18,22-25,31H,5,10-14,16-17H2,1-4H3. The number of hydrogen-bond acceptors (Lipinski definition) is 4. The van der Waals surface area contributed by atoms with Crippen molar-refractivity contribution in [1.29, 1.82) is 0 Å². The predicted molar refractivity (Wildman–Crippen MR) is 131 cm³/mol. The largest absolute Gasteiger partial charge is 0.416 e. The number of ether oxygens (including phenoxy) is 2. The minimum atomic E-state index is -4.37. The van der Waals surface area contributed by atoms with Crippen molar-refractivity contribution in [2.24, 2.45) is 11.8 Å². The first kappa shape index (κ1) is 27.7. The van der Waals surface area contributed by atoms with Gasteiger partial charge in [0, 0.05) is 44.8 Å². The van der Waals surface area contributed by atoms with Crippen LogP contribution in [0.4, 0.5) is 13.2 Å². The summed E-state index contributed by atoms with van der Waals surface area (Å²) in [6.45, 7) is 8.50. The van der Waals surface area contributed by atoms with E-state index in [1.54, 1.807) is 13.2 Å². The highest BCUT2D eigenvalue weighted by atomic mass is 19.4. The van der Waals surface area contributed by atoms with Gasteiger partial charge >= 0.3 is 6.18 Å². The number of hydrogen-bond donors (Lipinski definition) is 1. The molecule has 0 aromatic heterocycles. The first-order valence-corrected chi connectivity index (χ1v) is 12.7. The molecule has 2 heterocycles. The number of amides is 1. The molecule has 1 fully saturated rings. The van der Waals surface area contributed by atoms with Crippen LogP contribution in [0.25, 0.3) is 5.57 Å². The highest BCUT2D eigenvalue weighted by Gasteiger charge is 2.34. The molecular formula is C27H39F3N2O3. The zero-order chi connectivity index (χ0) is 25.6. The Balaban J connectivity index is 1.65. The molecule has 4 atom stereocenters. The zero-order valence-electron chi connectivity index (χ0n) is 21.2. The SMILES string of the molecule is CCC(CC(C(=O)N1CC=C(c2cccc(C(F)(F)F)c2)CC1)C(C)C)NC1CCOCC1OC. The Labute approximate surface area is 207 Å². The van der Waals surface area contributed by atoms with Gasteiger partial charge in [-0.1, -0.05) is 39.0 Å². The number of benzene rings is 1. The molecule has 4 unspecified atom stereocenters. The number of methoxy groups -OCH3 is 1. The maximum Gasteiger partial charge on any atom is 0.416 e. The van der Waals surface area contributed by atoms with Crippen LogP contribution in [-0.2, 0) is 20.4 Å². The third kappa shape index (κ3) is 7.30. The average molecular weight is 497 g/mol. The van der Waals surface area contributed by atoms with Crippen molar-refractivity contribution < 1.29 is 27.4 Å². The van der Waals surface area contributed by atoms with E-state index in [9.17, 15) is 18.0 Å². The van der Waals surface area contributed by atoms with Crippen LogP contribution in [0.1, 0.15) is 57.6 Å². The average Bonchev–Trinajstić information content (AvgIpc) is 2.85. The number of alkyl halides is 3. The summed E-state index contributed by atoms with van der Waals surface area (Å²) in [5.41, 5.74) is 0.791. The van der Waals surface area contributed by atoms with Crippen molar-refractivity contribution in [2.45, 2.75) is 70.8 Å². The zero-order valence-corrected chi connectivity index (χ0v) is 21.2. The molecule has 3 rings (SSSR count). The highest BCUT2D eigenvalue weighted by Crippen LogP contribution is 2.33. The first-order valence-electron chi connectivity index (χ1n) is 12.7. The molecule has 5 nitrogen and oxygen atoms in total. The van der Waals surface area contributed by atoms with Crippen LogP contribution >= 0.6 is 0 Å². The van der Waals surface area contributed by atoms with Crippen molar-refractivity contribution in [3.63, 3.8) is 0 Å². The number of rotatable bonds is 9. The summed E-state index contributed by atoms with van der Waals surface area (Å²) in [6.07, 6.45) is 0.609. The molecule has 1 N–H and O–H groups in total. The van der Waals surface area contributed by atoms with Gasteiger partial charge in [0.05, 0.1) is 18.3 Å². The van der Waals surface area contributed by atoms with Gasteiger partial charge in [-0.3, -0.25) is 4.79 Å². The number of nitrogens with zero attached hydrogens (tertiary/aromatic N) is 1. The van der Waals surface area contributed by atoms with Gasteiger partial charge in [-0.05, 0) is 54.9 Å². The van der Waals surface area contributed by atoms with Gasteiger partial charge in [0.1, 0.15) is 0 Å². The molecule has 2 aliphatic rings. The maximum atomic E-state index is 13.5. The second-order valence-corrected chi connectivity index (χ2v) is 9.94. The van der Waals surface area contributed by atoms with Crippen molar-refractivity contribution >= 4 is 11.5 Å². The number of nitrogens with one attached hydrogen (secondary N) is 1. The van der Waals surface area contributed by atoms with E-state index in [1.807, 2.05) is 11.0 Å². The monoisotopic (exact) mass is 496 g/mol. The minimum Gasteiger partial charge on any atom is -0.379 e. The van der Waals surface area contributed by atoms with E-state index in [-0.39, 0.29) is 35.9 Å². The molecule has 0 bridgehead atoms. The third-order valence-corrected chi connectivity index (χ3v) is 7.29. The fourth-order valence-corrected chi connectivity index (χ4v) is 5.02. The van der Waals surface area contributed by atoms with Gasteiger partial charge < -0.3 is 19.7 Å². The second kappa shape index (κ2) is 12.4. The quantitative estimate of drug-likeness (QED) is 0.514. The Kier molecular flexibility index (Phi) is 9.78. The number of carbonyl (C=O) groups is 1. The molecule has 0 radical (unpaired) electrons. The van der Waals surface area contributed by atoms with Crippen LogP contribution in [-0.4, -0.2) is 62.4 Å². The van der Waals surface area contributed by atoms with Gasteiger partial charge in [0.15, 0.2) is 0 Å². The second-order valence-electron chi connectivity index (χ2n) is 9.94. The Bertz CT molecular complexity index is 871. The molecule has 0 aliphatic carbocycles. The fraction of sp³-hybridized carbons (Fsp3) is 0.667. The van der Waals surface area contributed by atoms with Gasteiger partial charge in [-0.25, -0.2) is 0 Å². The van der Waals surface area contributed by atoms with E-state index in [0.717, 1.165) is 30.9 Å². The molecule has 0 spiro atoms. The van der Waals surface area contributed by atoms with Gasteiger partial charge in [0.2, 0.25) is 5.91 Å². The van der Waals surface area contributed by atoms with Crippen LogP contribution in [0.2, 0.25) is 0 Å². The van der Waals surface area contributed by atoms with E-state index in [2.05, 4.69) is 26.1 Å². The topological polar surface area (TPSA) is 50.8 Å². The van der Waals surface area contributed by atoms with Crippen molar-refractivity contribution in [3.05, 3.63) is 41.5 Å². The molecular weight excluding hydrogens is 457 g/mol. The molecule has 8 heteroatoms. The van der Waals surface area contributed by atoms with E-state index >= 15 is 0 Å². The number of carbonyl (C=O) groups excluding carboxylic acids is 1. The van der Waals surface area contributed by atoms with E-state index < -0.39 is 11.7 Å². The molecule has 35 heavy (non-hydrogen) atoms. The molecule has 0 saturated carbocycles. The summed E-state index contributed by atoms with van der Waals surface area (Å²) in [7, 11) is 1.70. The smallest absolute Gasteiger partial charge is 0.379 e. The molecule has 196 valence electrons. The summed E-state index contributed by atoms with van der Waals surface area (Å²) < 4.78 is 50.4. The van der Waals surface area contributed by atoms with E-state index in [4.69, 9.17) is 9.47 Å². The predicted octanol–water partition coefficient (Wildman–Crippen LogP) is 5.16. The van der Waals surface area contributed by atoms with Crippen LogP contribution in [0.3, 0.4) is 0 Å². The summed E-state index contributed by atoms with van der Waals surface area (Å²) >= 11 is 0. The lowest BCUT2D eigenvalue weighted by Gasteiger charge is -2.37. The van der Waals surface area contributed by atoms with Crippen molar-refractivity contribution in [1.82, 2.24) is 10.2 Å². The van der Waals surface area contributed by atoms with Gasteiger partial charge in [0.25, 0.3) is 0 Å².